The Morgan fingerprint density at radius 3 is 2.81 bits per heavy atom. The van der Waals surface area contributed by atoms with Gasteiger partial charge < -0.3 is 4.90 Å². The maximum Gasteiger partial charge on any atom is 0.401 e. The average Bonchev–Trinajstić information content (AvgIpc) is 2.85. The van der Waals surface area contributed by atoms with Crippen molar-refractivity contribution in [1.82, 2.24) is 9.88 Å². The van der Waals surface area contributed by atoms with E-state index in [9.17, 15) is 13.2 Å². The number of rotatable bonds is 5. The SMILES string of the molecule is CCN(CC1CCN(c2ccnc(C)c2)C1)CC(F)(F)F. The zero-order valence-corrected chi connectivity index (χ0v) is 12.5. The minimum atomic E-state index is -4.11. The number of aromatic nitrogens is 1. The first-order valence-electron chi connectivity index (χ1n) is 7.34. The third-order valence-electron chi connectivity index (χ3n) is 3.90. The van der Waals surface area contributed by atoms with Crippen LogP contribution in [0.1, 0.15) is 19.0 Å². The predicted octanol–water partition coefficient (Wildman–Crippen LogP) is 3.10. The first-order valence-corrected chi connectivity index (χ1v) is 7.34. The molecule has 1 aliphatic rings. The lowest BCUT2D eigenvalue weighted by Crippen LogP contribution is -2.38. The fraction of sp³-hybridized carbons (Fsp3) is 0.667. The molecular formula is C15H22F3N3. The quantitative estimate of drug-likeness (QED) is 0.833. The molecule has 0 radical (unpaired) electrons. The summed E-state index contributed by atoms with van der Waals surface area (Å²) in [6, 6.07) is 3.98. The molecule has 1 fully saturated rings. The molecule has 1 aromatic rings. The van der Waals surface area contributed by atoms with Crippen LogP contribution >= 0.6 is 0 Å². The molecule has 2 heterocycles. The zero-order valence-electron chi connectivity index (χ0n) is 12.5. The summed E-state index contributed by atoms with van der Waals surface area (Å²) in [5.74, 6) is 0.292. The molecule has 6 heteroatoms. The minimum Gasteiger partial charge on any atom is -0.371 e. The van der Waals surface area contributed by atoms with Crippen LogP contribution in [0, 0.1) is 12.8 Å². The van der Waals surface area contributed by atoms with E-state index in [0.29, 0.717) is 19.0 Å². The monoisotopic (exact) mass is 301 g/mol. The lowest BCUT2D eigenvalue weighted by atomic mass is 10.1. The third kappa shape index (κ3) is 4.88. The lowest BCUT2D eigenvalue weighted by Gasteiger charge is -2.25. The lowest BCUT2D eigenvalue weighted by molar-refractivity contribution is -0.146. The van der Waals surface area contributed by atoms with Gasteiger partial charge >= 0.3 is 6.18 Å². The van der Waals surface area contributed by atoms with Gasteiger partial charge in [-0.3, -0.25) is 9.88 Å². The van der Waals surface area contributed by atoms with E-state index < -0.39 is 12.7 Å². The smallest absolute Gasteiger partial charge is 0.371 e. The van der Waals surface area contributed by atoms with E-state index in [1.54, 1.807) is 13.1 Å². The Kier molecular flexibility index (Phi) is 5.08. The molecule has 118 valence electrons. The van der Waals surface area contributed by atoms with Gasteiger partial charge in [0.25, 0.3) is 0 Å². The molecule has 0 aromatic carbocycles. The van der Waals surface area contributed by atoms with Crippen LogP contribution in [0.4, 0.5) is 18.9 Å². The van der Waals surface area contributed by atoms with Crippen molar-refractivity contribution in [1.29, 1.82) is 0 Å². The fourth-order valence-electron chi connectivity index (χ4n) is 2.87. The summed E-state index contributed by atoms with van der Waals surface area (Å²) in [6.45, 7) is 5.58. The highest BCUT2D eigenvalue weighted by Gasteiger charge is 2.32. The van der Waals surface area contributed by atoms with E-state index in [0.717, 1.165) is 30.9 Å². The van der Waals surface area contributed by atoms with E-state index >= 15 is 0 Å². The topological polar surface area (TPSA) is 19.4 Å². The average molecular weight is 301 g/mol. The second kappa shape index (κ2) is 6.64. The summed E-state index contributed by atoms with van der Waals surface area (Å²) in [7, 11) is 0. The summed E-state index contributed by atoms with van der Waals surface area (Å²) in [6.07, 6.45) is -1.40. The molecule has 1 aromatic heterocycles. The van der Waals surface area contributed by atoms with Crippen molar-refractivity contribution >= 4 is 5.69 Å². The summed E-state index contributed by atoms with van der Waals surface area (Å²) in [5, 5.41) is 0. The van der Waals surface area contributed by atoms with Crippen molar-refractivity contribution in [3.05, 3.63) is 24.0 Å². The van der Waals surface area contributed by atoms with Crippen molar-refractivity contribution in [3.8, 4) is 0 Å². The maximum atomic E-state index is 12.5. The van der Waals surface area contributed by atoms with Gasteiger partial charge in [-0.1, -0.05) is 6.92 Å². The molecule has 1 saturated heterocycles. The van der Waals surface area contributed by atoms with Crippen LogP contribution in [-0.2, 0) is 0 Å². The van der Waals surface area contributed by atoms with Crippen LogP contribution in [0.15, 0.2) is 18.3 Å². The van der Waals surface area contributed by atoms with Crippen molar-refractivity contribution in [3.63, 3.8) is 0 Å². The van der Waals surface area contributed by atoms with Crippen LogP contribution in [-0.4, -0.2) is 48.8 Å². The highest BCUT2D eigenvalue weighted by atomic mass is 19.4. The molecule has 1 aliphatic heterocycles. The van der Waals surface area contributed by atoms with E-state index in [2.05, 4.69) is 9.88 Å². The first-order chi connectivity index (χ1) is 9.87. The first kappa shape index (κ1) is 16.1. The Balaban J connectivity index is 1.90. The molecule has 1 atom stereocenters. The Hall–Kier alpha value is -1.30. The Labute approximate surface area is 123 Å². The molecular weight excluding hydrogens is 279 g/mol. The molecule has 0 aliphatic carbocycles. The van der Waals surface area contributed by atoms with Crippen molar-refractivity contribution in [2.75, 3.05) is 37.6 Å². The van der Waals surface area contributed by atoms with Gasteiger partial charge in [0.1, 0.15) is 0 Å². The Morgan fingerprint density at radius 2 is 2.19 bits per heavy atom. The van der Waals surface area contributed by atoms with Gasteiger partial charge in [0, 0.05) is 37.2 Å². The second-order valence-corrected chi connectivity index (χ2v) is 5.70. The highest BCUT2D eigenvalue weighted by Crippen LogP contribution is 2.25. The number of anilines is 1. The van der Waals surface area contributed by atoms with Gasteiger partial charge in [0.2, 0.25) is 0 Å². The molecule has 0 saturated carbocycles. The number of alkyl halides is 3. The Morgan fingerprint density at radius 1 is 1.43 bits per heavy atom. The summed E-state index contributed by atoms with van der Waals surface area (Å²) >= 11 is 0. The number of hydrogen-bond donors (Lipinski definition) is 0. The van der Waals surface area contributed by atoms with E-state index in [1.807, 2.05) is 19.1 Å². The third-order valence-corrected chi connectivity index (χ3v) is 3.90. The van der Waals surface area contributed by atoms with Crippen molar-refractivity contribution < 1.29 is 13.2 Å². The van der Waals surface area contributed by atoms with E-state index in [4.69, 9.17) is 0 Å². The van der Waals surface area contributed by atoms with Gasteiger partial charge in [-0.25, -0.2) is 0 Å². The van der Waals surface area contributed by atoms with Crippen molar-refractivity contribution in [2.24, 2.45) is 5.92 Å². The van der Waals surface area contributed by atoms with Crippen molar-refractivity contribution in [2.45, 2.75) is 26.4 Å². The van der Waals surface area contributed by atoms with Crippen LogP contribution in [0.2, 0.25) is 0 Å². The number of pyridine rings is 1. The Bertz CT molecular complexity index is 462. The fourth-order valence-corrected chi connectivity index (χ4v) is 2.87. The number of nitrogens with zero attached hydrogens (tertiary/aromatic N) is 3. The van der Waals surface area contributed by atoms with Gasteiger partial charge in [-0.05, 0) is 37.9 Å². The molecule has 2 rings (SSSR count). The summed E-state index contributed by atoms with van der Waals surface area (Å²) in [5.41, 5.74) is 2.08. The van der Waals surface area contributed by atoms with Gasteiger partial charge in [-0.2, -0.15) is 13.2 Å². The molecule has 0 amide bonds. The predicted molar refractivity (Wildman–Crippen MR) is 77.5 cm³/mol. The van der Waals surface area contributed by atoms with E-state index in [-0.39, 0.29) is 0 Å². The van der Waals surface area contributed by atoms with Crippen LogP contribution in [0.25, 0.3) is 0 Å². The maximum absolute atomic E-state index is 12.5. The number of hydrogen-bond acceptors (Lipinski definition) is 3. The normalized spacial score (nSPS) is 19.5. The molecule has 0 N–H and O–H groups in total. The molecule has 3 nitrogen and oxygen atoms in total. The summed E-state index contributed by atoms with van der Waals surface area (Å²) < 4.78 is 37.5. The van der Waals surface area contributed by atoms with Crippen LogP contribution in [0.5, 0.6) is 0 Å². The standard InChI is InChI=1S/C15H22F3N3/c1-3-20(11-15(16,17)18)9-13-5-7-21(10-13)14-4-6-19-12(2)8-14/h4,6,8,13H,3,5,7,9-11H2,1-2H3. The largest absolute Gasteiger partial charge is 0.401 e. The molecule has 21 heavy (non-hydrogen) atoms. The van der Waals surface area contributed by atoms with Gasteiger partial charge in [-0.15, -0.1) is 0 Å². The highest BCUT2D eigenvalue weighted by molar-refractivity contribution is 5.47. The van der Waals surface area contributed by atoms with Crippen LogP contribution in [0.3, 0.4) is 0 Å². The zero-order chi connectivity index (χ0) is 15.5. The number of halogens is 3. The molecule has 0 spiro atoms. The summed E-state index contributed by atoms with van der Waals surface area (Å²) in [4.78, 5) is 7.90. The van der Waals surface area contributed by atoms with Crippen LogP contribution < -0.4 is 4.90 Å². The number of aryl methyl sites for hydroxylation is 1. The molecule has 1 unspecified atom stereocenters. The second-order valence-electron chi connectivity index (χ2n) is 5.70. The minimum absolute atomic E-state index is 0.292. The molecule has 0 bridgehead atoms. The van der Waals surface area contributed by atoms with E-state index in [1.165, 1.54) is 4.90 Å². The van der Waals surface area contributed by atoms with Gasteiger partial charge in [0.15, 0.2) is 0 Å². The van der Waals surface area contributed by atoms with Gasteiger partial charge in [0.05, 0.1) is 6.54 Å².